The summed E-state index contributed by atoms with van der Waals surface area (Å²) in [4.78, 5) is 12.7. The summed E-state index contributed by atoms with van der Waals surface area (Å²) in [7, 11) is -3.71. The number of alkyl halides is 3. The molecule has 0 saturated heterocycles. The van der Waals surface area contributed by atoms with Crippen molar-refractivity contribution in [1.29, 1.82) is 0 Å². The van der Waals surface area contributed by atoms with Crippen LogP contribution in [-0.2, 0) is 27.5 Å². The molecule has 0 bridgehead atoms. The number of amides is 1. The van der Waals surface area contributed by atoms with Gasteiger partial charge in [0.2, 0.25) is 15.9 Å². The van der Waals surface area contributed by atoms with Crippen LogP contribution in [0.1, 0.15) is 29.5 Å². The summed E-state index contributed by atoms with van der Waals surface area (Å²) >= 11 is 0. The van der Waals surface area contributed by atoms with E-state index >= 15 is 0 Å². The summed E-state index contributed by atoms with van der Waals surface area (Å²) in [5.74, 6) is -3.58. The highest BCUT2D eigenvalue weighted by atomic mass is 32.2. The van der Waals surface area contributed by atoms with Crippen molar-refractivity contribution in [1.82, 2.24) is 5.32 Å². The Morgan fingerprint density at radius 3 is 2.20 bits per heavy atom. The molecule has 3 rings (SSSR count). The predicted molar refractivity (Wildman–Crippen MR) is 122 cm³/mol. The molecule has 186 valence electrons. The van der Waals surface area contributed by atoms with Gasteiger partial charge in [0.15, 0.2) is 0 Å². The number of carbonyl (C=O) groups is 1. The third kappa shape index (κ3) is 6.56. The van der Waals surface area contributed by atoms with Gasteiger partial charge in [-0.15, -0.1) is 0 Å². The Kier molecular flexibility index (Phi) is 7.49. The lowest BCUT2D eigenvalue weighted by atomic mass is 9.95. The number of sulfonamides is 1. The molecule has 0 spiro atoms. The minimum absolute atomic E-state index is 0.0203. The van der Waals surface area contributed by atoms with Gasteiger partial charge in [-0.1, -0.05) is 36.4 Å². The summed E-state index contributed by atoms with van der Waals surface area (Å²) < 4.78 is 93.4. The minimum atomic E-state index is -4.76. The Balaban J connectivity index is 1.85. The van der Waals surface area contributed by atoms with E-state index in [4.69, 9.17) is 0 Å². The number of hydrogen-bond acceptors (Lipinski definition) is 3. The molecule has 2 N–H and O–H groups in total. The molecule has 3 aromatic carbocycles. The zero-order valence-electron chi connectivity index (χ0n) is 18.6. The highest BCUT2D eigenvalue weighted by Gasteiger charge is 2.32. The van der Waals surface area contributed by atoms with Crippen molar-refractivity contribution >= 4 is 21.6 Å². The molecule has 11 heteroatoms. The van der Waals surface area contributed by atoms with E-state index in [0.717, 1.165) is 18.4 Å². The van der Waals surface area contributed by atoms with E-state index in [1.165, 1.54) is 31.2 Å². The fraction of sp³-hybridized carbons (Fsp3) is 0.208. The first-order chi connectivity index (χ1) is 16.3. The van der Waals surface area contributed by atoms with E-state index in [-0.39, 0.29) is 22.4 Å². The number of rotatable bonds is 7. The van der Waals surface area contributed by atoms with Crippen LogP contribution in [0.5, 0.6) is 0 Å². The summed E-state index contributed by atoms with van der Waals surface area (Å²) in [5, 5.41) is 2.48. The van der Waals surface area contributed by atoms with Crippen molar-refractivity contribution in [3.63, 3.8) is 0 Å². The first-order valence-electron chi connectivity index (χ1n) is 10.3. The van der Waals surface area contributed by atoms with Crippen LogP contribution in [0.4, 0.5) is 27.6 Å². The van der Waals surface area contributed by atoms with Crippen LogP contribution in [0.3, 0.4) is 0 Å². The van der Waals surface area contributed by atoms with E-state index in [1.807, 2.05) is 4.72 Å². The van der Waals surface area contributed by atoms with Crippen LogP contribution in [-0.4, -0.2) is 20.6 Å². The summed E-state index contributed by atoms with van der Waals surface area (Å²) in [6.07, 6.45) is -3.90. The van der Waals surface area contributed by atoms with Gasteiger partial charge in [-0.2, -0.15) is 13.2 Å². The molecular weight excluding hydrogens is 491 g/mol. The van der Waals surface area contributed by atoms with Crippen molar-refractivity contribution in [3.8, 4) is 11.1 Å². The van der Waals surface area contributed by atoms with Crippen LogP contribution in [0.15, 0.2) is 60.7 Å². The Morgan fingerprint density at radius 2 is 1.63 bits per heavy atom. The highest BCUT2D eigenvalue weighted by Crippen LogP contribution is 2.35. The molecule has 5 nitrogen and oxygen atoms in total. The van der Waals surface area contributed by atoms with Gasteiger partial charge in [0.05, 0.1) is 23.4 Å². The highest BCUT2D eigenvalue weighted by molar-refractivity contribution is 7.92. The van der Waals surface area contributed by atoms with E-state index in [1.54, 1.807) is 18.2 Å². The third-order valence-electron chi connectivity index (χ3n) is 5.23. The molecule has 3 aromatic rings. The molecule has 0 aliphatic carbocycles. The summed E-state index contributed by atoms with van der Waals surface area (Å²) in [6, 6.07) is 12.6. The van der Waals surface area contributed by atoms with Crippen molar-refractivity contribution in [2.75, 3.05) is 11.0 Å². The van der Waals surface area contributed by atoms with Crippen molar-refractivity contribution in [2.45, 2.75) is 25.6 Å². The van der Waals surface area contributed by atoms with E-state index < -0.39 is 51.8 Å². The average molecular weight is 513 g/mol. The largest absolute Gasteiger partial charge is 0.416 e. The molecule has 1 atom stereocenters. The van der Waals surface area contributed by atoms with Crippen molar-refractivity contribution in [3.05, 3.63) is 89.0 Å². The first-order valence-corrected chi connectivity index (χ1v) is 12.2. The normalized spacial score (nSPS) is 12.8. The van der Waals surface area contributed by atoms with Crippen molar-refractivity contribution in [2.24, 2.45) is 0 Å². The number of anilines is 1. The second kappa shape index (κ2) is 10.0. The van der Waals surface area contributed by atoms with Gasteiger partial charge in [-0.3, -0.25) is 9.52 Å². The van der Waals surface area contributed by atoms with Crippen LogP contribution in [0.25, 0.3) is 11.1 Å². The maximum atomic E-state index is 14.8. The first kappa shape index (κ1) is 26.1. The Bertz CT molecular complexity index is 1340. The number of halogens is 5. The third-order valence-corrected chi connectivity index (χ3v) is 5.82. The van der Waals surface area contributed by atoms with Crippen LogP contribution in [0, 0.1) is 11.6 Å². The Hall–Kier alpha value is -3.47. The molecule has 0 heterocycles. The minimum Gasteiger partial charge on any atom is -0.351 e. The van der Waals surface area contributed by atoms with Gasteiger partial charge in [-0.25, -0.2) is 17.2 Å². The van der Waals surface area contributed by atoms with E-state index in [2.05, 4.69) is 5.32 Å². The number of nitrogens with one attached hydrogen (secondary N) is 2. The average Bonchev–Trinajstić information content (AvgIpc) is 2.77. The molecule has 1 unspecified atom stereocenters. The second-order valence-corrected chi connectivity index (χ2v) is 9.65. The lowest BCUT2D eigenvalue weighted by Gasteiger charge is -2.18. The maximum absolute atomic E-state index is 14.8. The lowest BCUT2D eigenvalue weighted by molar-refractivity contribution is -0.137. The lowest BCUT2D eigenvalue weighted by Crippen LogP contribution is -2.28. The fourth-order valence-corrected chi connectivity index (χ4v) is 3.98. The maximum Gasteiger partial charge on any atom is 0.416 e. The van der Waals surface area contributed by atoms with Gasteiger partial charge in [0.25, 0.3) is 0 Å². The van der Waals surface area contributed by atoms with Gasteiger partial charge in [-0.05, 0) is 47.9 Å². The molecule has 0 saturated carbocycles. The Labute approximate surface area is 199 Å². The SMILES string of the molecule is CC(C(=O)NCc1c(F)cc(C(F)(F)F)cc1-c1ccccc1)c1ccc(NS(C)(=O)=O)c(F)c1. The molecule has 0 aliphatic heterocycles. The number of hydrogen-bond donors (Lipinski definition) is 2. The number of benzene rings is 3. The fourth-order valence-electron chi connectivity index (χ4n) is 3.42. The smallest absolute Gasteiger partial charge is 0.351 e. The summed E-state index contributed by atoms with van der Waals surface area (Å²) in [6.45, 7) is 1.04. The zero-order valence-corrected chi connectivity index (χ0v) is 19.4. The van der Waals surface area contributed by atoms with Gasteiger partial charge in [0, 0.05) is 12.1 Å². The van der Waals surface area contributed by atoms with Crippen LogP contribution < -0.4 is 10.0 Å². The molecule has 35 heavy (non-hydrogen) atoms. The van der Waals surface area contributed by atoms with Crippen molar-refractivity contribution < 1.29 is 35.2 Å². The monoisotopic (exact) mass is 512 g/mol. The standard InChI is InChI=1S/C24H21F5N2O3S/c1-14(16-8-9-22(21(26)10-16)31-35(2,33)34)23(32)30-13-19-18(15-6-4-3-5-7-15)11-17(12-20(19)25)24(27,28)29/h3-12,14,31H,13H2,1-2H3,(H,30,32). The van der Waals surface area contributed by atoms with Crippen LogP contribution >= 0.6 is 0 Å². The topological polar surface area (TPSA) is 75.3 Å². The van der Waals surface area contributed by atoms with Gasteiger partial charge >= 0.3 is 6.18 Å². The predicted octanol–water partition coefficient (Wildman–Crippen LogP) is 5.44. The zero-order chi connectivity index (χ0) is 26.0. The molecule has 0 aromatic heterocycles. The van der Waals surface area contributed by atoms with E-state index in [0.29, 0.717) is 11.6 Å². The van der Waals surface area contributed by atoms with Crippen LogP contribution in [0.2, 0.25) is 0 Å². The molecule has 0 fully saturated rings. The summed E-state index contributed by atoms with van der Waals surface area (Å²) in [5.41, 5.74) is -1.04. The Morgan fingerprint density at radius 1 is 0.971 bits per heavy atom. The number of carbonyl (C=O) groups excluding carboxylic acids is 1. The quantitative estimate of drug-likeness (QED) is 0.414. The molecule has 0 radical (unpaired) electrons. The van der Waals surface area contributed by atoms with Gasteiger partial charge in [0.1, 0.15) is 11.6 Å². The van der Waals surface area contributed by atoms with E-state index in [9.17, 15) is 35.2 Å². The second-order valence-electron chi connectivity index (χ2n) is 7.90. The molecular formula is C24H21F5N2O3S. The molecule has 0 aliphatic rings. The van der Waals surface area contributed by atoms with Gasteiger partial charge < -0.3 is 5.32 Å². The molecule has 1 amide bonds.